The Bertz CT molecular complexity index is 1200. The summed E-state index contributed by atoms with van der Waals surface area (Å²) in [7, 11) is 0. The number of nitro groups is 2. The third-order valence-electron chi connectivity index (χ3n) is 4.07. The summed E-state index contributed by atoms with van der Waals surface area (Å²) in [6.45, 7) is 1.73. The zero-order valence-electron chi connectivity index (χ0n) is 16.0. The molecule has 0 bridgehead atoms. The first kappa shape index (κ1) is 21.8. The van der Waals surface area contributed by atoms with Crippen molar-refractivity contribution < 1.29 is 23.8 Å². The number of benzene rings is 1. The second kappa shape index (κ2) is 9.30. The highest BCUT2D eigenvalue weighted by molar-refractivity contribution is 9.10. The minimum atomic E-state index is -0.728. The first-order valence-electron chi connectivity index (χ1n) is 8.84. The van der Waals surface area contributed by atoms with Crippen molar-refractivity contribution >= 4 is 45.4 Å². The molecule has 1 aromatic carbocycles. The number of carbonyl (C=O) groups is 1. The third-order valence-corrected chi connectivity index (χ3v) is 4.73. The van der Waals surface area contributed by atoms with Gasteiger partial charge in [0, 0.05) is 28.2 Å². The van der Waals surface area contributed by atoms with Crippen molar-refractivity contribution in [1.29, 1.82) is 0 Å². The number of esters is 1. The molecular weight excluding hydrogens is 474 g/mol. The van der Waals surface area contributed by atoms with E-state index in [1.165, 1.54) is 18.2 Å². The van der Waals surface area contributed by atoms with Gasteiger partial charge in [0.25, 0.3) is 11.4 Å². The smallest absolute Gasteiger partial charge is 0.340 e. The first-order chi connectivity index (χ1) is 14.8. The molecule has 158 valence electrons. The van der Waals surface area contributed by atoms with Crippen molar-refractivity contribution in [2.75, 3.05) is 6.61 Å². The van der Waals surface area contributed by atoms with Crippen LogP contribution in [0.3, 0.4) is 0 Å². The number of pyridine rings is 1. The lowest BCUT2D eigenvalue weighted by molar-refractivity contribution is -0.385. The number of non-ortho nitro benzene ring substituents is 1. The number of furan rings is 1. The fraction of sp³-hybridized carbons (Fsp3) is 0.100. The number of ether oxygens (including phenoxy) is 1. The Morgan fingerprint density at radius 2 is 1.87 bits per heavy atom. The number of nitro benzene ring substituents is 1. The standard InChI is InChI=1S/C20H14BrN3O7/c1-2-30-20(25)16-9-13(24(28)29)11-22-18(16)7-4-14-5-8-19(31-14)15-6-3-12(23(26)27)10-17(15)21/h3-11H,2H2,1H3/b7-4+. The van der Waals surface area contributed by atoms with Gasteiger partial charge in [-0.2, -0.15) is 0 Å². The van der Waals surface area contributed by atoms with E-state index in [2.05, 4.69) is 20.9 Å². The van der Waals surface area contributed by atoms with E-state index in [0.29, 0.717) is 21.6 Å². The van der Waals surface area contributed by atoms with Crippen molar-refractivity contribution in [2.45, 2.75) is 6.92 Å². The minimum absolute atomic E-state index is 0.0443. The lowest BCUT2D eigenvalue weighted by Gasteiger charge is -2.04. The van der Waals surface area contributed by atoms with E-state index in [4.69, 9.17) is 9.15 Å². The van der Waals surface area contributed by atoms with Gasteiger partial charge in [0.15, 0.2) is 0 Å². The summed E-state index contributed by atoms with van der Waals surface area (Å²) in [5.74, 6) is 0.146. The Balaban J connectivity index is 1.90. The van der Waals surface area contributed by atoms with Gasteiger partial charge in [0.2, 0.25) is 0 Å². The molecule has 2 aromatic heterocycles. The van der Waals surface area contributed by atoms with Crippen LogP contribution in [0.4, 0.5) is 11.4 Å². The molecule has 31 heavy (non-hydrogen) atoms. The first-order valence-corrected chi connectivity index (χ1v) is 9.63. The van der Waals surface area contributed by atoms with Crippen molar-refractivity contribution in [3.63, 3.8) is 0 Å². The van der Waals surface area contributed by atoms with Gasteiger partial charge >= 0.3 is 5.97 Å². The number of nitrogens with zero attached hydrogens (tertiary/aromatic N) is 3. The van der Waals surface area contributed by atoms with Crippen LogP contribution in [-0.4, -0.2) is 27.4 Å². The number of hydrogen-bond donors (Lipinski definition) is 0. The van der Waals surface area contributed by atoms with Crippen LogP contribution < -0.4 is 0 Å². The van der Waals surface area contributed by atoms with Crippen LogP contribution in [0.25, 0.3) is 23.5 Å². The summed E-state index contributed by atoms with van der Waals surface area (Å²) in [5, 5.41) is 21.9. The highest BCUT2D eigenvalue weighted by atomic mass is 79.9. The van der Waals surface area contributed by atoms with E-state index in [-0.39, 0.29) is 29.2 Å². The molecule has 0 amide bonds. The Morgan fingerprint density at radius 1 is 1.13 bits per heavy atom. The number of hydrogen-bond acceptors (Lipinski definition) is 8. The quantitative estimate of drug-likeness (QED) is 0.249. The van der Waals surface area contributed by atoms with E-state index in [0.717, 1.165) is 12.3 Å². The van der Waals surface area contributed by atoms with E-state index in [1.807, 2.05) is 0 Å². The molecule has 0 saturated heterocycles. The maximum atomic E-state index is 12.2. The molecule has 10 nitrogen and oxygen atoms in total. The van der Waals surface area contributed by atoms with Crippen molar-refractivity contribution in [3.8, 4) is 11.3 Å². The van der Waals surface area contributed by atoms with Crippen LogP contribution >= 0.6 is 15.9 Å². The molecule has 3 rings (SSSR count). The molecule has 2 heterocycles. The second-order valence-electron chi connectivity index (χ2n) is 6.06. The Hall–Kier alpha value is -3.86. The molecule has 0 aliphatic carbocycles. The Morgan fingerprint density at radius 3 is 2.52 bits per heavy atom. The van der Waals surface area contributed by atoms with E-state index in [1.54, 1.807) is 31.2 Å². The van der Waals surface area contributed by atoms with Gasteiger partial charge in [0.1, 0.15) is 17.7 Å². The summed E-state index contributed by atoms with van der Waals surface area (Å²) in [4.78, 5) is 36.9. The van der Waals surface area contributed by atoms with E-state index in [9.17, 15) is 25.0 Å². The average molecular weight is 488 g/mol. The summed E-state index contributed by atoms with van der Waals surface area (Å²) < 4.78 is 11.2. The van der Waals surface area contributed by atoms with Crippen molar-refractivity contribution in [2.24, 2.45) is 0 Å². The normalized spacial score (nSPS) is 10.9. The fourth-order valence-electron chi connectivity index (χ4n) is 2.63. The summed E-state index contributed by atoms with van der Waals surface area (Å²) in [6, 6.07) is 8.75. The average Bonchev–Trinajstić information content (AvgIpc) is 3.20. The van der Waals surface area contributed by atoms with Crippen LogP contribution in [0.1, 0.15) is 28.7 Å². The molecule has 0 spiro atoms. The van der Waals surface area contributed by atoms with Crippen LogP contribution in [0.15, 0.2) is 51.5 Å². The van der Waals surface area contributed by atoms with Crippen molar-refractivity contribution in [1.82, 2.24) is 4.98 Å². The van der Waals surface area contributed by atoms with Crippen LogP contribution in [-0.2, 0) is 4.74 Å². The molecule has 11 heteroatoms. The molecule has 0 N–H and O–H groups in total. The van der Waals surface area contributed by atoms with Crippen LogP contribution in [0.5, 0.6) is 0 Å². The zero-order chi connectivity index (χ0) is 22.5. The molecule has 0 radical (unpaired) electrons. The Labute approximate surface area is 183 Å². The van der Waals surface area contributed by atoms with Gasteiger partial charge in [-0.05, 0) is 53.2 Å². The summed E-state index contributed by atoms with van der Waals surface area (Å²) >= 11 is 3.30. The van der Waals surface area contributed by atoms with Crippen LogP contribution in [0, 0.1) is 20.2 Å². The van der Waals surface area contributed by atoms with Gasteiger partial charge in [0.05, 0.1) is 27.7 Å². The summed E-state index contributed by atoms with van der Waals surface area (Å²) in [5.41, 5.74) is 0.364. The second-order valence-corrected chi connectivity index (χ2v) is 6.91. The van der Waals surface area contributed by atoms with Gasteiger partial charge in [-0.25, -0.2) is 9.78 Å². The predicted octanol–water partition coefficient (Wildman–Crippen LogP) is 5.27. The topological polar surface area (TPSA) is 139 Å². The molecule has 3 aromatic rings. The van der Waals surface area contributed by atoms with Gasteiger partial charge in [-0.15, -0.1) is 0 Å². The maximum Gasteiger partial charge on any atom is 0.340 e. The molecule has 0 saturated carbocycles. The molecule has 0 atom stereocenters. The molecular formula is C20H14BrN3O7. The molecule has 0 unspecified atom stereocenters. The monoisotopic (exact) mass is 487 g/mol. The number of rotatable bonds is 7. The van der Waals surface area contributed by atoms with Crippen LogP contribution in [0.2, 0.25) is 0 Å². The number of carbonyl (C=O) groups excluding carboxylic acids is 1. The molecule has 0 aliphatic heterocycles. The van der Waals surface area contributed by atoms with E-state index >= 15 is 0 Å². The molecule has 0 aliphatic rings. The lowest BCUT2D eigenvalue weighted by Crippen LogP contribution is -2.08. The third kappa shape index (κ3) is 5.01. The van der Waals surface area contributed by atoms with Crippen molar-refractivity contribution in [3.05, 3.63) is 84.3 Å². The zero-order valence-corrected chi connectivity index (χ0v) is 17.6. The Kier molecular flexibility index (Phi) is 6.55. The largest absolute Gasteiger partial charge is 0.462 e. The highest BCUT2D eigenvalue weighted by Gasteiger charge is 2.18. The number of aromatic nitrogens is 1. The number of halogens is 1. The van der Waals surface area contributed by atoms with Gasteiger partial charge in [-0.1, -0.05) is 0 Å². The molecule has 0 fully saturated rings. The maximum absolute atomic E-state index is 12.2. The SMILES string of the molecule is CCOC(=O)c1cc([N+](=O)[O-])cnc1/C=C/c1ccc(-c2ccc([N+](=O)[O-])cc2Br)o1. The predicted molar refractivity (Wildman–Crippen MR) is 114 cm³/mol. The van der Waals surface area contributed by atoms with Gasteiger partial charge in [-0.3, -0.25) is 20.2 Å². The lowest BCUT2D eigenvalue weighted by atomic mass is 10.1. The fourth-order valence-corrected chi connectivity index (χ4v) is 3.20. The summed E-state index contributed by atoms with van der Waals surface area (Å²) in [6.07, 6.45) is 4.06. The van der Waals surface area contributed by atoms with E-state index < -0.39 is 15.8 Å². The highest BCUT2D eigenvalue weighted by Crippen LogP contribution is 2.33. The van der Waals surface area contributed by atoms with Gasteiger partial charge < -0.3 is 9.15 Å². The minimum Gasteiger partial charge on any atom is -0.462 e.